The van der Waals surface area contributed by atoms with E-state index in [1.807, 2.05) is 0 Å². The minimum absolute atomic E-state index is 0.0718. The molecular formula is C4H5NO4S. The summed E-state index contributed by atoms with van der Waals surface area (Å²) in [6.45, 7) is -0.0718. The van der Waals surface area contributed by atoms with E-state index in [-0.39, 0.29) is 6.54 Å². The molecule has 0 atom stereocenters. The summed E-state index contributed by atoms with van der Waals surface area (Å²) in [4.78, 5) is 10.1. The maximum Gasteiger partial charge on any atom is 0.421 e. The number of nitrogens with zero attached hydrogens (tertiary/aromatic N) is 1. The third-order valence-corrected chi connectivity index (χ3v) is 2.52. The lowest BCUT2D eigenvalue weighted by Crippen LogP contribution is -2.30. The fourth-order valence-electron chi connectivity index (χ4n) is 0.625. The molecule has 56 valence electrons. The third-order valence-electron chi connectivity index (χ3n) is 1.06. The van der Waals surface area contributed by atoms with E-state index in [2.05, 4.69) is 0 Å². The monoisotopic (exact) mass is 163 g/mol. The van der Waals surface area contributed by atoms with Gasteiger partial charge in [0.15, 0.2) is 0 Å². The van der Waals surface area contributed by atoms with Crippen LogP contribution in [0.5, 0.6) is 0 Å². The summed E-state index contributed by atoms with van der Waals surface area (Å²) in [6, 6.07) is 0. The summed E-state index contributed by atoms with van der Waals surface area (Å²) in [5.41, 5.74) is 0. The molecule has 0 aromatic heterocycles. The Morgan fingerprint density at radius 2 is 2.20 bits per heavy atom. The second-order valence-electron chi connectivity index (χ2n) is 1.73. The van der Waals surface area contributed by atoms with Gasteiger partial charge in [0.2, 0.25) is 0 Å². The van der Waals surface area contributed by atoms with Crippen LogP contribution in [-0.4, -0.2) is 30.5 Å². The van der Waals surface area contributed by atoms with Crippen LogP contribution in [0.4, 0.5) is 4.79 Å². The Kier molecular flexibility index (Phi) is 1.40. The average Bonchev–Trinajstić information content (AvgIpc) is 2.08. The van der Waals surface area contributed by atoms with Gasteiger partial charge in [0, 0.05) is 5.41 Å². The first-order valence-corrected chi connectivity index (χ1v) is 3.96. The molecule has 0 fully saturated rings. The van der Waals surface area contributed by atoms with Gasteiger partial charge in [-0.1, -0.05) is 6.08 Å². The van der Waals surface area contributed by atoms with Crippen LogP contribution in [0.2, 0.25) is 0 Å². The molecule has 1 amide bonds. The molecule has 6 heteroatoms. The van der Waals surface area contributed by atoms with Crippen molar-refractivity contribution in [3.05, 3.63) is 11.5 Å². The second-order valence-corrected chi connectivity index (χ2v) is 3.47. The van der Waals surface area contributed by atoms with E-state index in [9.17, 15) is 13.2 Å². The van der Waals surface area contributed by atoms with Crippen LogP contribution in [0.25, 0.3) is 0 Å². The van der Waals surface area contributed by atoms with Gasteiger partial charge in [-0.15, -0.1) is 0 Å². The van der Waals surface area contributed by atoms with E-state index in [4.69, 9.17) is 5.11 Å². The Labute approximate surface area is 57.6 Å². The van der Waals surface area contributed by atoms with Gasteiger partial charge >= 0.3 is 6.09 Å². The molecular weight excluding hydrogens is 158 g/mol. The maximum atomic E-state index is 10.7. The Bertz CT molecular complexity index is 278. The van der Waals surface area contributed by atoms with Crippen LogP contribution >= 0.6 is 0 Å². The van der Waals surface area contributed by atoms with Crippen molar-refractivity contribution in [3.8, 4) is 0 Å². The van der Waals surface area contributed by atoms with E-state index < -0.39 is 16.1 Å². The van der Waals surface area contributed by atoms with Crippen molar-refractivity contribution in [2.75, 3.05) is 6.54 Å². The van der Waals surface area contributed by atoms with E-state index in [0.29, 0.717) is 4.31 Å². The van der Waals surface area contributed by atoms with Crippen LogP contribution in [0.1, 0.15) is 0 Å². The van der Waals surface area contributed by atoms with Crippen molar-refractivity contribution in [1.82, 2.24) is 4.31 Å². The van der Waals surface area contributed by atoms with Crippen molar-refractivity contribution >= 4 is 16.1 Å². The number of sulfonamides is 1. The highest BCUT2D eigenvalue weighted by Crippen LogP contribution is 2.09. The molecule has 1 rings (SSSR count). The minimum Gasteiger partial charge on any atom is -0.464 e. The first kappa shape index (κ1) is 7.07. The van der Waals surface area contributed by atoms with Gasteiger partial charge in [-0.3, -0.25) is 0 Å². The third kappa shape index (κ3) is 0.971. The van der Waals surface area contributed by atoms with Gasteiger partial charge in [-0.25, -0.2) is 13.2 Å². The van der Waals surface area contributed by atoms with Gasteiger partial charge in [-0.05, 0) is 0 Å². The lowest BCUT2D eigenvalue weighted by Gasteiger charge is -2.07. The Morgan fingerprint density at radius 3 is 2.40 bits per heavy atom. The Morgan fingerprint density at radius 1 is 1.60 bits per heavy atom. The minimum atomic E-state index is -3.63. The first-order chi connectivity index (χ1) is 4.54. The average molecular weight is 163 g/mol. The molecule has 10 heavy (non-hydrogen) atoms. The smallest absolute Gasteiger partial charge is 0.421 e. The lowest BCUT2D eigenvalue weighted by molar-refractivity contribution is 0.176. The first-order valence-electron chi connectivity index (χ1n) is 2.46. The van der Waals surface area contributed by atoms with Crippen LogP contribution in [0.3, 0.4) is 0 Å². The standard InChI is InChI=1S/C4H5NO4S/c6-4(7)5-2-1-3-10(5,8)9/h1,3H,2H2,(H,6,7). The quantitative estimate of drug-likeness (QED) is 0.537. The van der Waals surface area contributed by atoms with Crippen molar-refractivity contribution in [2.24, 2.45) is 0 Å². The molecule has 0 bridgehead atoms. The molecule has 0 spiro atoms. The molecule has 0 saturated carbocycles. The van der Waals surface area contributed by atoms with Gasteiger partial charge in [0.05, 0.1) is 6.54 Å². The number of rotatable bonds is 0. The number of carbonyl (C=O) groups is 1. The van der Waals surface area contributed by atoms with Crippen LogP contribution in [0.15, 0.2) is 11.5 Å². The maximum absolute atomic E-state index is 10.7. The summed E-state index contributed by atoms with van der Waals surface area (Å²) < 4.78 is 21.7. The van der Waals surface area contributed by atoms with Crippen LogP contribution in [0, 0.1) is 0 Å². The summed E-state index contributed by atoms with van der Waals surface area (Å²) in [5.74, 6) is 0. The molecule has 5 nitrogen and oxygen atoms in total. The highest BCUT2D eigenvalue weighted by molar-refractivity contribution is 7.92. The highest BCUT2D eigenvalue weighted by Gasteiger charge is 2.27. The Balaban J connectivity index is 2.97. The number of amides is 1. The van der Waals surface area contributed by atoms with Gasteiger partial charge in [-0.2, -0.15) is 4.31 Å². The van der Waals surface area contributed by atoms with Crippen molar-refractivity contribution < 1.29 is 18.3 Å². The fourth-order valence-corrected chi connectivity index (χ4v) is 1.61. The normalized spacial score (nSPS) is 21.4. The predicted octanol–water partition coefficient (Wildman–Crippen LogP) is -0.176. The molecule has 0 saturated heterocycles. The zero-order chi connectivity index (χ0) is 7.78. The van der Waals surface area contributed by atoms with Crippen molar-refractivity contribution in [1.29, 1.82) is 0 Å². The van der Waals surface area contributed by atoms with Crippen molar-refractivity contribution in [2.45, 2.75) is 0 Å². The molecule has 1 aliphatic heterocycles. The molecule has 1 heterocycles. The van der Waals surface area contributed by atoms with Gasteiger partial charge in [0.1, 0.15) is 0 Å². The molecule has 1 aliphatic rings. The topological polar surface area (TPSA) is 74.7 Å². The SMILES string of the molecule is O=C(O)N1CC=CS1(=O)=O. The predicted molar refractivity (Wildman–Crippen MR) is 32.8 cm³/mol. The van der Waals surface area contributed by atoms with Crippen LogP contribution in [-0.2, 0) is 10.0 Å². The summed E-state index contributed by atoms with van der Waals surface area (Å²) in [6.07, 6.45) is -0.159. The van der Waals surface area contributed by atoms with Crippen molar-refractivity contribution in [3.63, 3.8) is 0 Å². The molecule has 0 aliphatic carbocycles. The zero-order valence-electron chi connectivity index (χ0n) is 4.89. The Hall–Kier alpha value is -1.04. The lowest BCUT2D eigenvalue weighted by atomic mass is 10.6. The van der Waals surface area contributed by atoms with E-state index in [1.54, 1.807) is 0 Å². The summed E-state index contributed by atoms with van der Waals surface area (Å²) in [7, 11) is -3.63. The number of hydrogen-bond acceptors (Lipinski definition) is 3. The zero-order valence-corrected chi connectivity index (χ0v) is 5.71. The van der Waals surface area contributed by atoms with E-state index in [1.165, 1.54) is 6.08 Å². The van der Waals surface area contributed by atoms with Gasteiger partial charge < -0.3 is 5.11 Å². The van der Waals surface area contributed by atoms with Crippen LogP contribution < -0.4 is 0 Å². The summed E-state index contributed by atoms with van der Waals surface area (Å²) in [5, 5.41) is 9.13. The molecule has 0 unspecified atom stereocenters. The summed E-state index contributed by atoms with van der Waals surface area (Å²) >= 11 is 0. The second kappa shape index (κ2) is 1.98. The number of hydrogen-bond donors (Lipinski definition) is 1. The molecule has 0 aromatic rings. The molecule has 1 N–H and O–H groups in total. The number of carboxylic acid groups (broad SMARTS) is 1. The van der Waals surface area contributed by atoms with E-state index in [0.717, 1.165) is 5.41 Å². The molecule has 0 radical (unpaired) electrons. The largest absolute Gasteiger partial charge is 0.464 e. The van der Waals surface area contributed by atoms with Gasteiger partial charge in [0.25, 0.3) is 10.0 Å². The molecule has 0 aromatic carbocycles. The van der Waals surface area contributed by atoms with E-state index >= 15 is 0 Å². The fraction of sp³-hybridized carbons (Fsp3) is 0.250. The highest BCUT2D eigenvalue weighted by atomic mass is 32.2.